The smallest absolute Gasteiger partial charge is 0.344 e. The molecule has 0 amide bonds. The van der Waals surface area contributed by atoms with Crippen LogP contribution in [0.3, 0.4) is 0 Å². The van der Waals surface area contributed by atoms with E-state index in [1.165, 1.54) is 37.6 Å². The Kier molecular flexibility index (Phi) is 4.50. The zero-order valence-electron chi connectivity index (χ0n) is 11.5. The second-order valence-corrected chi connectivity index (χ2v) is 4.06. The Hall–Kier alpha value is -2.90. The SMILES string of the molecule is COc1cccc(/C=N\n2cnnc2)c1O[C@@H](C)C(=O)O. The molecule has 0 radical (unpaired) electrons. The zero-order chi connectivity index (χ0) is 15.2. The Morgan fingerprint density at radius 1 is 1.43 bits per heavy atom. The second-order valence-electron chi connectivity index (χ2n) is 4.06. The number of methoxy groups -OCH3 is 1. The van der Waals surface area contributed by atoms with Crippen molar-refractivity contribution in [2.45, 2.75) is 13.0 Å². The van der Waals surface area contributed by atoms with Crippen molar-refractivity contribution in [3.8, 4) is 11.5 Å². The zero-order valence-corrected chi connectivity index (χ0v) is 11.5. The lowest BCUT2D eigenvalue weighted by Gasteiger charge is -2.15. The van der Waals surface area contributed by atoms with Crippen molar-refractivity contribution >= 4 is 12.2 Å². The summed E-state index contributed by atoms with van der Waals surface area (Å²) in [6.07, 6.45) is 3.35. The first-order valence-corrected chi connectivity index (χ1v) is 6.07. The first-order valence-electron chi connectivity index (χ1n) is 6.07. The number of benzene rings is 1. The topological polar surface area (TPSA) is 98.8 Å². The molecule has 1 heterocycles. The minimum Gasteiger partial charge on any atom is -0.493 e. The average Bonchev–Trinajstić information content (AvgIpc) is 2.99. The molecule has 8 nitrogen and oxygen atoms in total. The van der Waals surface area contributed by atoms with Crippen LogP contribution >= 0.6 is 0 Å². The van der Waals surface area contributed by atoms with Crippen LogP contribution in [-0.2, 0) is 4.79 Å². The van der Waals surface area contributed by atoms with Gasteiger partial charge in [0.15, 0.2) is 17.6 Å². The number of hydrogen-bond acceptors (Lipinski definition) is 6. The average molecular weight is 290 g/mol. The molecule has 1 atom stereocenters. The van der Waals surface area contributed by atoms with Crippen LogP contribution in [0.15, 0.2) is 36.0 Å². The fourth-order valence-corrected chi connectivity index (χ4v) is 1.53. The largest absolute Gasteiger partial charge is 0.493 e. The van der Waals surface area contributed by atoms with Crippen molar-refractivity contribution in [3.63, 3.8) is 0 Å². The molecule has 0 fully saturated rings. The van der Waals surface area contributed by atoms with Crippen molar-refractivity contribution < 1.29 is 19.4 Å². The molecule has 110 valence electrons. The molecule has 0 saturated heterocycles. The summed E-state index contributed by atoms with van der Waals surface area (Å²) in [5, 5.41) is 20.3. The normalized spacial score (nSPS) is 12.3. The molecule has 2 aromatic rings. The summed E-state index contributed by atoms with van der Waals surface area (Å²) in [5.41, 5.74) is 0.580. The highest BCUT2D eigenvalue weighted by Gasteiger charge is 2.17. The maximum absolute atomic E-state index is 10.9. The minimum absolute atomic E-state index is 0.312. The van der Waals surface area contributed by atoms with Crippen molar-refractivity contribution in [2.75, 3.05) is 7.11 Å². The van der Waals surface area contributed by atoms with Crippen LogP contribution in [0.5, 0.6) is 11.5 Å². The van der Waals surface area contributed by atoms with Gasteiger partial charge in [-0.3, -0.25) is 0 Å². The van der Waals surface area contributed by atoms with Crippen molar-refractivity contribution in [1.29, 1.82) is 0 Å². The van der Waals surface area contributed by atoms with Gasteiger partial charge in [0, 0.05) is 5.56 Å². The lowest BCUT2D eigenvalue weighted by molar-refractivity contribution is -0.144. The summed E-state index contributed by atoms with van der Waals surface area (Å²) >= 11 is 0. The number of aliphatic carboxylic acids is 1. The molecule has 0 saturated carbocycles. The number of carbonyl (C=O) groups is 1. The number of ether oxygens (including phenoxy) is 2. The Balaban J connectivity index is 2.33. The van der Waals surface area contributed by atoms with E-state index in [0.29, 0.717) is 17.1 Å². The summed E-state index contributed by atoms with van der Waals surface area (Å²) in [6, 6.07) is 5.17. The first-order chi connectivity index (χ1) is 10.1. The molecule has 0 aliphatic heterocycles. The van der Waals surface area contributed by atoms with E-state index in [0.717, 1.165) is 0 Å². The van der Waals surface area contributed by atoms with Gasteiger partial charge >= 0.3 is 5.97 Å². The monoisotopic (exact) mass is 290 g/mol. The second kappa shape index (κ2) is 6.51. The van der Waals surface area contributed by atoms with Gasteiger partial charge in [0.1, 0.15) is 12.7 Å². The molecule has 1 aromatic carbocycles. The number of carboxylic acids is 1. The Morgan fingerprint density at radius 2 is 2.14 bits per heavy atom. The predicted molar refractivity (Wildman–Crippen MR) is 73.7 cm³/mol. The summed E-state index contributed by atoms with van der Waals surface area (Å²) in [6.45, 7) is 1.44. The fourth-order valence-electron chi connectivity index (χ4n) is 1.53. The number of nitrogens with zero attached hydrogens (tertiary/aromatic N) is 4. The molecule has 8 heteroatoms. The molecule has 0 aliphatic carbocycles. The van der Waals surface area contributed by atoms with Crippen molar-refractivity contribution in [3.05, 3.63) is 36.4 Å². The molecule has 21 heavy (non-hydrogen) atoms. The van der Waals surface area contributed by atoms with Crippen LogP contribution in [0.25, 0.3) is 0 Å². The quantitative estimate of drug-likeness (QED) is 0.797. The number of aromatic nitrogens is 3. The van der Waals surface area contributed by atoms with Crippen molar-refractivity contribution in [1.82, 2.24) is 14.9 Å². The van der Waals surface area contributed by atoms with E-state index in [1.807, 2.05) is 0 Å². The standard InChI is InChI=1S/C13H14N4O4/c1-9(13(18)19)21-12-10(4-3-5-11(12)20-2)6-16-17-7-14-15-8-17/h3-9H,1-2H3,(H,18,19)/b16-6-/t9-/m0/s1. The van der Waals surface area contributed by atoms with Gasteiger partial charge in [0.05, 0.1) is 13.3 Å². The van der Waals surface area contributed by atoms with Gasteiger partial charge in [0.2, 0.25) is 0 Å². The molecular formula is C13H14N4O4. The Labute approximate surface area is 120 Å². The maximum Gasteiger partial charge on any atom is 0.344 e. The number of carboxylic acid groups (broad SMARTS) is 1. The van der Waals surface area contributed by atoms with E-state index in [1.54, 1.807) is 18.2 Å². The lowest BCUT2D eigenvalue weighted by atomic mass is 10.2. The molecule has 2 rings (SSSR count). The molecule has 0 bridgehead atoms. The minimum atomic E-state index is -1.07. The van der Waals surface area contributed by atoms with Gasteiger partial charge in [-0.2, -0.15) is 5.10 Å². The van der Waals surface area contributed by atoms with Crippen LogP contribution < -0.4 is 9.47 Å². The van der Waals surface area contributed by atoms with Gasteiger partial charge in [0.25, 0.3) is 0 Å². The van der Waals surface area contributed by atoms with Crippen LogP contribution in [0.2, 0.25) is 0 Å². The number of hydrogen-bond donors (Lipinski definition) is 1. The van der Waals surface area contributed by atoms with Gasteiger partial charge in [-0.05, 0) is 19.1 Å². The van der Waals surface area contributed by atoms with Gasteiger partial charge in [-0.1, -0.05) is 6.07 Å². The van der Waals surface area contributed by atoms with Gasteiger partial charge in [-0.25, -0.2) is 9.47 Å². The maximum atomic E-state index is 10.9. The number of rotatable bonds is 6. The van der Waals surface area contributed by atoms with Crippen LogP contribution in [0.4, 0.5) is 0 Å². The van der Waals surface area contributed by atoms with Crippen LogP contribution in [0.1, 0.15) is 12.5 Å². The third-order valence-corrected chi connectivity index (χ3v) is 2.61. The van der Waals surface area contributed by atoms with Crippen LogP contribution in [-0.4, -0.2) is 45.4 Å². The summed E-state index contributed by atoms with van der Waals surface area (Å²) < 4.78 is 12.0. The Bertz CT molecular complexity index is 640. The fraction of sp³-hybridized carbons (Fsp3) is 0.231. The molecular weight excluding hydrogens is 276 g/mol. The summed E-state index contributed by atoms with van der Waals surface area (Å²) in [4.78, 5) is 10.9. The third kappa shape index (κ3) is 3.56. The molecule has 0 aliphatic rings. The van der Waals surface area contributed by atoms with Crippen LogP contribution in [0, 0.1) is 0 Å². The Morgan fingerprint density at radius 3 is 2.76 bits per heavy atom. The molecule has 0 spiro atoms. The first kappa shape index (κ1) is 14.5. The van der Waals surface area contributed by atoms with E-state index in [9.17, 15) is 4.79 Å². The number of para-hydroxylation sites is 1. The van der Waals surface area contributed by atoms with E-state index >= 15 is 0 Å². The predicted octanol–water partition coefficient (Wildman–Crippen LogP) is 1.02. The highest BCUT2D eigenvalue weighted by atomic mass is 16.5. The van der Waals surface area contributed by atoms with E-state index in [4.69, 9.17) is 14.6 Å². The highest BCUT2D eigenvalue weighted by molar-refractivity contribution is 5.85. The van der Waals surface area contributed by atoms with Gasteiger partial charge in [-0.15, -0.1) is 10.2 Å². The highest BCUT2D eigenvalue weighted by Crippen LogP contribution is 2.31. The third-order valence-electron chi connectivity index (χ3n) is 2.61. The molecule has 1 N–H and O–H groups in total. The van der Waals surface area contributed by atoms with E-state index in [2.05, 4.69) is 15.3 Å². The van der Waals surface area contributed by atoms with E-state index < -0.39 is 12.1 Å². The van der Waals surface area contributed by atoms with Gasteiger partial charge < -0.3 is 14.6 Å². The molecule has 0 unspecified atom stereocenters. The van der Waals surface area contributed by atoms with Crippen molar-refractivity contribution in [2.24, 2.45) is 5.10 Å². The summed E-state index contributed by atoms with van der Waals surface area (Å²) in [7, 11) is 1.48. The van der Waals surface area contributed by atoms with E-state index in [-0.39, 0.29) is 0 Å². The summed E-state index contributed by atoms with van der Waals surface area (Å²) in [5.74, 6) is -0.329. The molecule has 1 aromatic heterocycles. The lowest BCUT2D eigenvalue weighted by Crippen LogP contribution is -2.23.